The normalized spacial score (nSPS) is 10.2. The van der Waals surface area contributed by atoms with Crippen molar-refractivity contribution in [3.05, 3.63) is 29.3 Å². The number of carbonyl (C=O) groups is 1. The molecule has 0 aromatic heterocycles. The highest BCUT2D eigenvalue weighted by atomic mass is 16.5. The molecule has 0 aliphatic carbocycles. The summed E-state index contributed by atoms with van der Waals surface area (Å²) in [6.07, 6.45) is 1.56. The Labute approximate surface area is 101 Å². The second kappa shape index (κ2) is 6.91. The Bertz CT molecular complexity index is 374. The fourth-order valence-electron chi connectivity index (χ4n) is 1.68. The van der Waals surface area contributed by atoms with Gasteiger partial charge in [0.1, 0.15) is 5.75 Å². The van der Waals surface area contributed by atoms with Crippen LogP contribution in [0, 0.1) is 0 Å². The van der Waals surface area contributed by atoms with Crippen LogP contribution in [0.3, 0.4) is 0 Å². The molecule has 4 nitrogen and oxygen atoms in total. The van der Waals surface area contributed by atoms with E-state index >= 15 is 0 Å². The van der Waals surface area contributed by atoms with E-state index in [9.17, 15) is 4.79 Å². The first kappa shape index (κ1) is 13.5. The first-order valence-corrected chi connectivity index (χ1v) is 5.53. The Morgan fingerprint density at radius 3 is 2.53 bits per heavy atom. The van der Waals surface area contributed by atoms with Crippen LogP contribution in [0.4, 0.5) is 0 Å². The van der Waals surface area contributed by atoms with Crippen LogP contribution in [0.2, 0.25) is 0 Å². The molecule has 0 spiro atoms. The van der Waals surface area contributed by atoms with E-state index in [0.717, 1.165) is 23.3 Å². The summed E-state index contributed by atoms with van der Waals surface area (Å²) < 4.78 is 10.3. The average Bonchev–Trinajstić information content (AvgIpc) is 2.28. The van der Waals surface area contributed by atoms with Gasteiger partial charge in [-0.3, -0.25) is 4.79 Å². The maximum atomic E-state index is 10.4. The van der Waals surface area contributed by atoms with Gasteiger partial charge in [0.2, 0.25) is 0 Å². The van der Waals surface area contributed by atoms with Crippen molar-refractivity contribution < 1.29 is 19.4 Å². The SMILES string of the molecule is COCc1cc(CCCC(=O)O)cc(OC)c1. The van der Waals surface area contributed by atoms with Crippen molar-refractivity contribution in [3.8, 4) is 5.75 Å². The average molecular weight is 238 g/mol. The molecule has 1 N–H and O–H groups in total. The number of methoxy groups -OCH3 is 2. The highest BCUT2D eigenvalue weighted by molar-refractivity contribution is 5.66. The van der Waals surface area contributed by atoms with Gasteiger partial charge < -0.3 is 14.6 Å². The molecule has 94 valence electrons. The van der Waals surface area contributed by atoms with Crippen LogP contribution in [0.5, 0.6) is 5.75 Å². The summed E-state index contributed by atoms with van der Waals surface area (Å²) >= 11 is 0. The molecular weight excluding hydrogens is 220 g/mol. The zero-order chi connectivity index (χ0) is 12.7. The zero-order valence-electron chi connectivity index (χ0n) is 10.2. The molecule has 0 bridgehead atoms. The molecular formula is C13H18O4. The Hall–Kier alpha value is -1.55. The molecule has 0 aliphatic heterocycles. The number of aryl methyl sites for hydroxylation is 1. The van der Waals surface area contributed by atoms with Crippen LogP contribution in [0.1, 0.15) is 24.0 Å². The van der Waals surface area contributed by atoms with E-state index in [2.05, 4.69) is 0 Å². The molecule has 0 saturated heterocycles. The summed E-state index contributed by atoms with van der Waals surface area (Å²) in [5.41, 5.74) is 2.12. The summed E-state index contributed by atoms with van der Waals surface area (Å²) in [6, 6.07) is 5.87. The second-order valence-electron chi connectivity index (χ2n) is 3.87. The zero-order valence-corrected chi connectivity index (χ0v) is 10.2. The summed E-state index contributed by atoms with van der Waals surface area (Å²) in [5.74, 6) is 0.0230. The number of hydrogen-bond acceptors (Lipinski definition) is 3. The molecule has 0 unspecified atom stereocenters. The monoisotopic (exact) mass is 238 g/mol. The van der Waals surface area contributed by atoms with Crippen LogP contribution in [0.15, 0.2) is 18.2 Å². The van der Waals surface area contributed by atoms with Crippen molar-refractivity contribution in [2.45, 2.75) is 25.9 Å². The molecule has 1 rings (SSSR count). The molecule has 0 fully saturated rings. The van der Waals surface area contributed by atoms with Crippen LogP contribution >= 0.6 is 0 Å². The van der Waals surface area contributed by atoms with E-state index in [-0.39, 0.29) is 6.42 Å². The lowest BCUT2D eigenvalue weighted by Crippen LogP contribution is -1.98. The predicted molar refractivity (Wildman–Crippen MR) is 64.3 cm³/mol. The largest absolute Gasteiger partial charge is 0.497 e. The first-order chi connectivity index (χ1) is 8.15. The minimum Gasteiger partial charge on any atom is -0.497 e. The van der Waals surface area contributed by atoms with Crippen LogP contribution < -0.4 is 4.74 Å². The third-order valence-corrected chi connectivity index (χ3v) is 2.43. The minimum absolute atomic E-state index is 0.191. The maximum Gasteiger partial charge on any atom is 0.303 e. The molecule has 0 amide bonds. The number of carboxylic acid groups (broad SMARTS) is 1. The highest BCUT2D eigenvalue weighted by Gasteiger charge is 2.03. The van der Waals surface area contributed by atoms with Gasteiger partial charge in [-0.25, -0.2) is 0 Å². The van der Waals surface area contributed by atoms with Gasteiger partial charge in [0.25, 0.3) is 0 Å². The molecule has 0 heterocycles. The van der Waals surface area contributed by atoms with Gasteiger partial charge in [0.05, 0.1) is 13.7 Å². The van der Waals surface area contributed by atoms with E-state index in [1.807, 2.05) is 18.2 Å². The molecule has 0 saturated carbocycles. The topological polar surface area (TPSA) is 55.8 Å². The predicted octanol–water partition coefficient (Wildman–Crippen LogP) is 2.25. The number of benzene rings is 1. The van der Waals surface area contributed by atoms with Crippen molar-refractivity contribution >= 4 is 5.97 Å². The van der Waals surface area contributed by atoms with Gasteiger partial charge in [0, 0.05) is 13.5 Å². The number of rotatable bonds is 7. The number of ether oxygens (including phenoxy) is 2. The number of aliphatic carboxylic acids is 1. The molecule has 4 heteroatoms. The summed E-state index contributed by atoms with van der Waals surface area (Å²) in [5, 5.41) is 8.59. The minimum atomic E-state index is -0.759. The number of carboxylic acids is 1. The molecule has 0 aliphatic rings. The third-order valence-electron chi connectivity index (χ3n) is 2.43. The quantitative estimate of drug-likeness (QED) is 0.791. The molecule has 1 aromatic carbocycles. The Kier molecular flexibility index (Phi) is 5.49. The lowest BCUT2D eigenvalue weighted by atomic mass is 10.0. The number of hydrogen-bond donors (Lipinski definition) is 1. The summed E-state index contributed by atoms with van der Waals surface area (Å²) in [4.78, 5) is 10.4. The summed E-state index contributed by atoms with van der Waals surface area (Å²) in [6.45, 7) is 0.531. The van der Waals surface area contributed by atoms with Crippen molar-refractivity contribution in [2.75, 3.05) is 14.2 Å². The molecule has 0 atom stereocenters. The smallest absolute Gasteiger partial charge is 0.303 e. The van der Waals surface area contributed by atoms with Crippen LogP contribution in [-0.2, 0) is 22.6 Å². The molecule has 17 heavy (non-hydrogen) atoms. The van der Waals surface area contributed by atoms with Crippen molar-refractivity contribution in [2.24, 2.45) is 0 Å². The van der Waals surface area contributed by atoms with Gasteiger partial charge in [-0.05, 0) is 36.1 Å². The molecule has 1 aromatic rings. The van der Waals surface area contributed by atoms with Crippen LogP contribution in [0.25, 0.3) is 0 Å². The van der Waals surface area contributed by atoms with E-state index in [1.54, 1.807) is 14.2 Å². The maximum absolute atomic E-state index is 10.4. The Balaban J connectivity index is 2.69. The third kappa shape index (κ3) is 4.87. The van der Waals surface area contributed by atoms with Gasteiger partial charge in [-0.2, -0.15) is 0 Å². The van der Waals surface area contributed by atoms with Crippen molar-refractivity contribution in [1.82, 2.24) is 0 Å². The fraction of sp³-hybridized carbons (Fsp3) is 0.462. The van der Waals surface area contributed by atoms with Crippen molar-refractivity contribution in [1.29, 1.82) is 0 Å². The second-order valence-corrected chi connectivity index (χ2v) is 3.87. The van der Waals surface area contributed by atoms with E-state index in [0.29, 0.717) is 13.0 Å². The molecule has 0 radical (unpaired) electrons. The van der Waals surface area contributed by atoms with Gasteiger partial charge in [0.15, 0.2) is 0 Å². The lowest BCUT2D eigenvalue weighted by Gasteiger charge is -2.08. The standard InChI is InChI=1S/C13H18O4/c1-16-9-11-6-10(4-3-5-13(14)15)7-12(8-11)17-2/h6-8H,3-5,9H2,1-2H3,(H,14,15). The summed E-state index contributed by atoms with van der Waals surface area (Å²) in [7, 11) is 3.26. The van der Waals surface area contributed by atoms with E-state index in [1.165, 1.54) is 0 Å². The van der Waals surface area contributed by atoms with Crippen molar-refractivity contribution in [3.63, 3.8) is 0 Å². The van der Waals surface area contributed by atoms with Gasteiger partial charge >= 0.3 is 5.97 Å². The van der Waals surface area contributed by atoms with E-state index in [4.69, 9.17) is 14.6 Å². The van der Waals surface area contributed by atoms with Gasteiger partial charge in [-0.15, -0.1) is 0 Å². The van der Waals surface area contributed by atoms with E-state index < -0.39 is 5.97 Å². The lowest BCUT2D eigenvalue weighted by molar-refractivity contribution is -0.137. The fourth-order valence-corrected chi connectivity index (χ4v) is 1.68. The first-order valence-electron chi connectivity index (χ1n) is 5.53. The Morgan fingerprint density at radius 2 is 1.94 bits per heavy atom. The van der Waals surface area contributed by atoms with Crippen LogP contribution in [-0.4, -0.2) is 25.3 Å². The highest BCUT2D eigenvalue weighted by Crippen LogP contribution is 2.19. The van der Waals surface area contributed by atoms with Gasteiger partial charge in [-0.1, -0.05) is 6.07 Å². The Morgan fingerprint density at radius 1 is 1.24 bits per heavy atom.